The maximum Gasteiger partial charge on any atom is 0.253 e. The number of hydrogen-bond donors (Lipinski definition) is 2. The fourth-order valence-corrected chi connectivity index (χ4v) is 4.65. The third-order valence-corrected chi connectivity index (χ3v) is 6.91. The minimum atomic E-state index is -0.286. The van der Waals surface area contributed by atoms with Gasteiger partial charge in [-0.1, -0.05) is 36.0 Å². The highest BCUT2D eigenvalue weighted by atomic mass is 32.2. The van der Waals surface area contributed by atoms with Crippen LogP contribution in [0.5, 0.6) is 0 Å². The summed E-state index contributed by atoms with van der Waals surface area (Å²) >= 11 is 1.33. The van der Waals surface area contributed by atoms with E-state index >= 15 is 0 Å². The number of imidazole rings is 1. The average Bonchev–Trinajstić information content (AvgIpc) is 3.31. The summed E-state index contributed by atoms with van der Waals surface area (Å²) in [5, 5.41) is 6.47. The van der Waals surface area contributed by atoms with E-state index < -0.39 is 0 Å². The van der Waals surface area contributed by atoms with E-state index in [-0.39, 0.29) is 23.5 Å². The lowest BCUT2D eigenvalue weighted by Gasteiger charge is -2.26. The first-order chi connectivity index (χ1) is 17.0. The molecular weight excluding hydrogens is 462 g/mol. The number of nitrogens with one attached hydrogen (secondary N) is 2. The molecule has 0 spiro atoms. The van der Waals surface area contributed by atoms with E-state index in [2.05, 4.69) is 15.6 Å². The Kier molecular flexibility index (Phi) is 8.20. The Hall–Kier alpha value is -3.59. The number of hydrogen-bond acceptors (Lipinski definition) is 5. The van der Waals surface area contributed by atoms with Gasteiger partial charge in [0.2, 0.25) is 5.91 Å². The molecule has 1 fully saturated rings. The molecule has 2 N–H and O–H groups in total. The van der Waals surface area contributed by atoms with Crippen molar-refractivity contribution in [2.45, 2.75) is 31.0 Å². The molecule has 0 atom stereocenters. The fourth-order valence-electron chi connectivity index (χ4n) is 3.92. The van der Waals surface area contributed by atoms with E-state index in [9.17, 15) is 14.4 Å². The SMILES string of the molecule is Cn1ccnc1SCC(=O)Nc1ccccc1C(=O)NCc1ccc(C(=O)N2CCCCC2)cc1. The summed E-state index contributed by atoms with van der Waals surface area (Å²) in [4.78, 5) is 44.0. The second-order valence-electron chi connectivity index (χ2n) is 8.44. The molecule has 0 radical (unpaired) electrons. The molecule has 35 heavy (non-hydrogen) atoms. The van der Waals surface area contributed by atoms with Crippen molar-refractivity contribution in [3.8, 4) is 0 Å². The Morgan fingerprint density at radius 1 is 1.00 bits per heavy atom. The van der Waals surface area contributed by atoms with Crippen molar-refractivity contribution in [3.63, 3.8) is 0 Å². The minimum Gasteiger partial charge on any atom is -0.348 e. The van der Waals surface area contributed by atoms with Crippen LogP contribution in [0.25, 0.3) is 0 Å². The lowest BCUT2D eigenvalue weighted by atomic mass is 10.1. The number of rotatable bonds is 8. The zero-order chi connectivity index (χ0) is 24.6. The Labute approximate surface area is 209 Å². The summed E-state index contributed by atoms with van der Waals surface area (Å²) in [6, 6.07) is 14.3. The van der Waals surface area contributed by atoms with E-state index in [0.29, 0.717) is 23.4 Å². The van der Waals surface area contributed by atoms with Gasteiger partial charge in [0.25, 0.3) is 11.8 Å². The lowest BCUT2D eigenvalue weighted by Crippen LogP contribution is -2.35. The van der Waals surface area contributed by atoms with Gasteiger partial charge in [0.05, 0.1) is 17.0 Å². The van der Waals surface area contributed by atoms with Crippen molar-refractivity contribution in [2.75, 3.05) is 24.2 Å². The summed E-state index contributed by atoms with van der Waals surface area (Å²) in [5.41, 5.74) is 2.40. The van der Waals surface area contributed by atoms with Crippen LogP contribution < -0.4 is 10.6 Å². The Morgan fingerprint density at radius 3 is 2.46 bits per heavy atom. The van der Waals surface area contributed by atoms with Crippen LogP contribution in [0.4, 0.5) is 5.69 Å². The van der Waals surface area contributed by atoms with Crippen molar-refractivity contribution < 1.29 is 14.4 Å². The van der Waals surface area contributed by atoms with Crippen molar-refractivity contribution >= 4 is 35.2 Å². The quantitative estimate of drug-likeness (QED) is 0.469. The van der Waals surface area contributed by atoms with Crippen molar-refractivity contribution in [3.05, 3.63) is 77.6 Å². The molecule has 182 valence electrons. The standard InChI is InChI=1S/C26H29N5O3S/c1-30-16-13-27-26(30)35-18-23(32)29-22-8-4-3-7-21(22)24(33)28-17-19-9-11-20(12-10-19)25(34)31-14-5-2-6-15-31/h3-4,7-13,16H,2,5-6,14-15,17-18H2,1H3,(H,28,33)(H,29,32). The highest BCUT2D eigenvalue weighted by Crippen LogP contribution is 2.19. The molecule has 0 aliphatic carbocycles. The van der Waals surface area contributed by atoms with Crippen LogP contribution in [0, 0.1) is 0 Å². The first-order valence-corrected chi connectivity index (χ1v) is 12.7. The number of carbonyl (C=O) groups is 3. The Morgan fingerprint density at radius 2 is 1.74 bits per heavy atom. The largest absolute Gasteiger partial charge is 0.348 e. The van der Waals surface area contributed by atoms with E-state index in [1.165, 1.54) is 18.2 Å². The van der Waals surface area contributed by atoms with Gasteiger partial charge in [0.1, 0.15) is 0 Å². The molecule has 0 bridgehead atoms. The van der Waals surface area contributed by atoms with Crippen molar-refractivity contribution in [1.29, 1.82) is 0 Å². The number of carbonyl (C=O) groups excluding carboxylic acids is 3. The number of likely N-dealkylation sites (tertiary alicyclic amines) is 1. The third-order valence-electron chi connectivity index (χ3n) is 5.85. The molecule has 1 saturated heterocycles. The number of aryl methyl sites for hydroxylation is 1. The minimum absolute atomic E-state index is 0.0611. The smallest absolute Gasteiger partial charge is 0.253 e. The summed E-state index contributed by atoms with van der Waals surface area (Å²) in [6.07, 6.45) is 6.79. The highest BCUT2D eigenvalue weighted by Gasteiger charge is 2.18. The van der Waals surface area contributed by atoms with Gasteiger partial charge in [0, 0.05) is 44.6 Å². The molecule has 1 aliphatic rings. The molecule has 9 heteroatoms. The topological polar surface area (TPSA) is 96.3 Å². The molecule has 3 amide bonds. The maximum absolute atomic E-state index is 12.8. The highest BCUT2D eigenvalue weighted by molar-refractivity contribution is 7.99. The van der Waals surface area contributed by atoms with Crippen molar-refractivity contribution in [1.82, 2.24) is 19.8 Å². The van der Waals surface area contributed by atoms with Gasteiger partial charge in [0.15, 0.2) is 5.16 Å². The first-order valence-electron chi connectivity index (χ1n) is 11.7. The number of piperidine rings is 1. The summed E-state index contributed by atoms with van der Waals surface area (Å²) in [7, 11) is 1.87. The lowest BCUT2D eigenvalue weighted by molar-refractivity contribution is -0.113. The average molecular weight is 492 g/mol. The second-order valence-corrected chi connectivity index (χ2v) is 9.38. The molecule has 2 aromatic carbocycles. The summed E-state index contributed by atoms with van der Waals surface area (Å²) in [6.45, 7) is 1.94. The number of benzene rings is 2. The zero-order valence-electron chi connectivity index (χ0n) is 19.7. The van der Waals surface area contributed by atoms with Crippen LogP contribution >= 0.6 is 11.8 Å². The van der Waals surface area contributed by atoms with Gasteiger partial charge in [-0.3, -0.25) is 14.4 Å². The second kappa shape index (κ2) is 11.7. The van der Waals surface area contributed by atoms with Gasteiger partial charge in [-0.2, -0.15) is 0 Å². The molecule has 8 nitrogen and oxygen atoms in total. The Balaban J connectivity index is 1.31. The van der Waals surface area contributed by atoms with Crippen LogP contribution in [0.3, 0.4) is 0 Å². The van der Waals surface area contributed by atoms with Crippen LogP contribution in [0.15, 0.2) is 66.1 Å². The normalized spacial score (nSPS) is 13.3. The van der Waals surface area contributed by atoms with Gasteiger partial charge in [-0.05, 0) is 49.1 Å². The summed E-state index contributed by atoms with van der Waals surface area (Å²) < 4.78 is 1.84. The van der Waals surface area contributed by atoms with Gasteiger partial charge in [-0.15, -0.1) is 0 Å². The van der Waals surface area contributed by atoms with Crippen LogP contribution in [0.1, 0.15) is 45.5 Å². The zero-order valence-corrected chi connectivity index (χ0v) is 20.5. The first kappa shape index (κ1) is 24.5. The number of thioether (sulfide) groups is 1. The molecular formula is C26H29N5O3S. The third kappa shape index (κ3) is 6.51. The fraction of sp³-hybridized carbons (Fsp3) is 0.308. The van der Waals surface area contributed by atoms with Crippen LogP contribution in [0.2, 0.25) is 0 Å². The van der Waals surface area contributed by atoms with Gasteiger partial charge in [-0.25, -0.2) is 4.98 Å². The van der Waals surface area contributed by atoms with Gasteiger partial charge >= 0.3 is 0 Å². The number of amides is 3. The number of para-hydroxylation sites is 1. The molecule has 0 unspecified atom stereocenters. The molecule has 4 rings (SSSR count). The number of aromatic nitrogens is 2. The molecule has 0 saturated carbocycles. The van der Waals surface area contributed by atoms with Crippen molar-refractivity contribution in [2.24, 2.45) is 7.05 Å². The predicted octanol–water partition coefficient (Wildman–Crippen LogP) is 3.71. The Bertz CT molecular complexity index is 1190. The monoisotopic (exact) mass is 491 g/mol. The van der Waals surface area contributed by atoms with E-state index in [1.54, 1.807) is 30.5 Å². The number of anilines is 1. The van der Waals surface area contributed by atoms with E-state index in [4.69, 9.17) is 0 Å². The molecule has 1 aliphatic heterocycles. The number of nitrogens with zero attached hydrogens (tertiary/aromatic N) is 3. The predicted molar refractivity (Wildman–Crippen MR) is 136 cm³/mol. The van der Waals surface area contributed by atoms with Gasteiger partial charge < -0.3 is 20.1 Å². The maximum atomic E-state index is 12.8. The molecule has 2 heterocycles. The molecule has 3 aromatic rings. The van der Waals surface area contributed by atoms with E-state index in [0.717, 1.165) is 36.7 Å². The van der Waals surface area contributed by atoms with Crippen LogP contribution in [-0.2, 0) is 18.4 Å². The molecule has 1 aromatic heterocycles. The summed E-state index contributed by atoms with van der Waals surface area (Å²) in [5.74, 6) is -0.257. The van der Waals surface area contributed by atoms with Crippen LogP contribution in [-0.4, -0.2) is 51.0 Å². The van der Waals surface area contributed by atoms with E-state index in [1.807, 2.05) is 47.0 Å².